The van der Waals surface area contributed by atoms with Crippen LogP contribution in [-0.2, 0) is 6.61 Å². The zero-order valence-electron chi connectivity index (χ0n) is 10.4. The molecule has 0 amide bonds. The first-order chi connectivity index (χ1) is 9.24. The monoisotopic (exact) mass is 249 g/mol. The van der Waals surface area contributed by atoms with E-state index in [9.17, 15) is 0 Å². The maximum atomic E-state index is 8.94. The third kappa shape index (κ3) is 2.88. The molecule has 0 atom stereocenters. The van der Waals surface area contributed by atoms with Gasteiger partial charge in [0.25, 0.3) is 0 Å². The lowest BCUT2D eigenvalue weighted by Gasteiger charge is -2.09. The zero-order valence-corrected chi connectivity index (χ0v) is 10.4. The summed E-state index contributed by atoms with van der Waals surface area (Å²) in [5.41, 5.74) is 2.58. The first-order valence-electron chi connectivity index (χ1n) is 5.72. The Morgan fingerprint density at radius 1 is 1.21 bits per heavy atom. The fraction of sp³-hybridized carbons (Fsp3) is 0.133. The van der Waals surface area contributed by atoms with Crippen LogP contribution in [-0.4, -0.2) is 4.98 Å². The highest BCUT2D eigenvalue weighted by molar-refractivity contribution is 5.42. The summed E-state index contributed by atoms with van der Waals surface area (Å²) in [5, 5.41) is 17.8. The summed E-state index contributed by atoms with van der Waals surface area (Å²) >= 11 is 0. The Morgan fingerprint density at radius 2 is 2.05 bits per heavy atom. The van der Waals surface area contributed by atoms with E-state index in [1.165, 1.54) is 0 Å². The second kappa shape index (κ2) is 5.66. The molecule has 0 N–H and O–H groups in total. The number of ether oxygens (including phenoxy) is 1. The fourth-order valence-electron chi connectivity index (χ4n) is 1.64. The molecule has 1 aromatic heterocycles. The van der Waals surface area contributed by atoms with Crippen molar-refractivity contribution in [2.75, 3.05) is 0 Å². The van der Waals surface area contributed by atoms with Gasteiger partial charge in [-0.25, -0.2) is 4.98 Å². The van der Waals surface area contributed by atoms with Crippen LogP contribution in [0.25, 0.3) is 0 Å². The van der Waals surface area contributed by atoms with E-state index >= 15 is 0 Å². The van der Waals surface area contributed by atoms with Crippen LogP contribution in [0.3, 0.4) is 0 Å². The van der Waals surface area contributed by atoms with Gasteiger partial charge in [0.05, 0.1) is 11.6 Å². The van der Waals surface area contributed by atoms with Crippen molar-refractivity contribution in [1.29, 1.82) is 10.5 Å². The van der Waals surface area contributed by atoms with Gasteiger partial charge in [-0.1, -0.05) is 12.1 Å². The SMILES string of the molecule is Cc1ccc(C#N)cc1OCc1cccnc1C#N. The van der Waals surface area contributed by atoms with E-state index in [1.807, 2.05) is 19.1 Å². The summed E-state index contributed by atoms with van der Waals surface area (Å²) in [6.07, 6.45) is 1.57. The van der Waals surface area contributed by atoms with E-state index in [1.54, 1.807) is 30.5 Å². The molecule has 2 aromatic rings. The van der Waals surface area contributed by atoms with Gasteiger partial charge < -0.3 is 4.74 Å². The Morgan fingerprint density at radius 3 is 2.79 bits per heavy atom. The summed E-state index contributed by atoms with van der Waals surface area (Å²) in [6, 6.07) is 12.9. The van der Waals surface area contributed by atoms with Gasteiger partial charge in [-0.2, -0.15) is 10.5 Å². The summed E-state index contributed by atoms with van der Waals surface area (Å²) in [4.78, 5) is 3.97. The van der Waals surface area contributed by atoms with Crippen LogP contribution < -0.4 is 4.74 Å². The maximum Gasteiger partial charge on any atom is 0.147 e. The average Bonchev–Trinajstić information content (AvgIpc) is 2.46. The van der Waals surface area contributed by atoms with Crippen molar-refractivity contribution in [3.63, 3.8) is 0 Å². The molecule has 0 saturated heterocycles. The van der Waals surface area contributed by atoms with Gasteiger partial charge in [-0.3, -0.25) is 0 Å². The number of aromatic nitrogens is 1. The largest absolute Gasteiger partial charge is 0.488 e. The molecular formula is C15H11N3O. The number of hydrogen-bond acceptors (Lipinski definition) is 4. The highest BCUT2D eigenvalue weighted by Crippen LogP contribution is 2.20. The summed E-state index contributed by atoms with van der Waals surface area (Å²) in [7, 11) is 0. The van der Waals surface area contributed by atoms with Crippen LogP contribution in [0.15, 0.2) is 36.5 Å². The minimum absolute atomic E-state index is 0.256. The van der Waals surface area contributed by atoms with Crippen molar-refractivity contribution in [2.24, 2.45) is 0 Å². The molecule has 0 aliphatic heterocycles. The quantitative estimate of drug-likeness (QED) is 0.838. The third-order valence-electron chi connectivity index (χ3n) is 2.70. The van der Waals surface area contributed by atoms with E-state index in [0.717, 1.165) is 11.1 Å². The minimum atomic E-state index is 0.256. The number of pyridine rings is 1. The molecule has 1 heterocycles. The van der Waals surface area contributed by atoms with E-state index < -0.39 is 0 Å². The van der Waals surface area contributed by atoms with Crippen molar-refractivity contribution in [1.82, 2.24) is 4.98 Å². The Balaban J connectivity index is 2.20. The van der Waals surface area contributed by atoms with E-state index in [0.29, 0.717) is 17.0 Å². The lowest BCUT2D eigenvalue weighted by Crippen LogP contribution is -2.01. The average molecular weight is 249 g/mol. The number of nitriles is 2. The normalized spacial score (nSPS) is 9.42. The maximum absolute atomic E-state index is 8.94. The molecular weight excluding hydrogens is 238 g/mol. The predicted octanol–water partition coefficient (Wildman–Crippen LogP) is 2.71. The number of hydrogen-bond donors (Lipinski definition) is 0. The van der Waals surface area contributed by atoms with E-state index in [4.69, 9.17) is 15.3 Å². The second-order valence-corrected chi connectivity index (χ2v) is 4.00. The van der Waals surface area contributed by atoms with Gasteiger partial charge >= 0.3 is 0 Å². The molecule has 92 valence electrons. The Kier molecular flexibility index (Phi) is 3.75. The van der Waals surface area contributed by atoms with Gasteiger partial charge in [0.1, 0.15) is 24.1 Å². The molecule has 4 heteroatoms. The van der Waals surface area contributed by atoms with Crippen LogP contribution in [0, 0.1) is 29.6 Å². The van der Waals surface area contributed by atoms with Crippen molar-refractivity contribution in [3.05, 3.63) is 58.9 Å². The van der Waals surface area contributed by atoms with E-state index in [-0.39, 0.29) is 6.61 Å². The summed E-state index contributed by atoms with van der Waals surface area (Å²) < 4.78 is 5.67. The summed E-state index contributed by atoms with van der Waals surface area (Å²) in [6.45, 7) is 2.16. The van der Waals surface area contributed by atoms with Crippen molar-refractivity contribution in [3.8, 4) is 17.9 Å². The molecule has 0 aliphatic rings. The fourth-order valence-corrected chi connectivity index (χ4v) is 1.64. The van der Waals surface area contributed by atoms with Crippen LogP contribution in [0.2, 0.25) is 0 Å². The Bertz CT molecular complexity index is 681. The molecule has 0 unspecified atom stereocenters. The highest BCUT2D eigenvalue weighted by atomic mass is 16.5. The molecule has 0 aliphatic carbocycles. The number of nitrogens with zero attached hydrogens (tertiary/aromatic N) is 3. The zero-order chi connectivity index (χ0) is 13.7. The minimum Gasteiger partial charge on any atom is -0.488 e. The molecule has 0 radical (unpaired) electrons. The van der Waals surface area contributed by atoms with Gasteiger partial charge in [-0.15, -0.1) is 0 Å². The van der Waals surface area contributed by atoms with Crippen LogP contribution >= 0.6 is 0 Å². The molecule has 0 spiro atoms. The van der Waals surface area contributed by atoms with Crippen molar-refractivity contribution >= 4 is 0 Å². The molecule has 0 saturated carbocycles. The standard InChI is InChI=1S/C15H11N3O/c1-11-4-5-12(8-16)7-15(11)19-10-13-3-2-6-18-14(13)9-17/h2-7H,10H2,1H3. The van der Waals surface area contributed by atoms with Gasteiger partial charge in [-0.05, 0) is 30.7 Å². The first-order valence-corrected chi connectivity index (χ1v) is 5.72. The van der Waals surface area contributed by atoms with Crippen LogP contribution in [0.1, 0.15) is 22.4 Å². The summed E-state index contributed by atoms with van der Waals surface area (Å²) in [5.74, 6) is 0.645. The van der Waals surface area contributed by atoms with Crippen LogP contribution in [0.4, 0.5) is 0 Å². The number of aryl methyl sites for hydroxylation is 1. The smallest absolute Gasteiger partial charge is 0.147 e. The van der Waals surface area contributed by atoms with Crippen molar-refractivity contribution < 1.29 is 4.74 Å². The van der Waals surface area contributed by atoms with E-state index in [2.05, 4.69) is 11.1 Å². The second-order valence-electron chi connectivity index (χ2n) is 4.00. The van der Waals surface area contributed by atoms with Gasteiger partial charge in [0.2, 0.25) is 0 Å². The Labute approximate surface area is 111 Å². The predicted molar refractivity (Wildman–Crippen MR) is 69.2 cm³/mol. The van der Waals surface area contributed by atoms with Crippen LogP contribution in [0.5, 0.6) is 5.75 Å². The molecule has 0 fully saturated rings. The molecule has 4 nitrogen and oxygen atoms in total. The lowest BCUT2D eigenvalue weighted by atomic mass is 10.1. The number of rotatable bonds is 3. The molecule has 1 aromatic carbocycles. The van der Waals surface area contributed by atoms with Gasteiger partial charge in [0, 0.05) is 11.8 Å². The highest BCUT2D eigenvalue weighted by Gasteiger charge is 2.05. The van der Waals surface area contributed by atoms with Gasteiger partial charge in [0.15, 0.2) is 0 Å². The third-order valence-corrected chi connectivity index (χ3v) is 2.70. The molecule has 0 bridgehead atoms. The molecule has 19 heavy (non-hydrogen) atoms. The molecule has 2 rings (SSSR count). The topological polar surface area (TPSA) is 69.7 Å². The van der Waals surface area contributed by atoms with Crippen molar-refractivity contribution in [2.45, 2.75) is 13.5 Å². The first kappa shape index (κ1) is 12.6. The number of benzene rings is 1. The Hall–Kier alpha value is -2.85. The lowest BCUT2D eigenvalue weighted by molar-refractivity contribution is 0.303.